The van der Waals surface area contributed by atoms with Crippen LogP contribution in [-0.4, -0.2) is 0 Å². The minimum atomic E-state index is 0.388. The first-order chi connectivity index (χ1) is 3.79. The smallest absolute Gasteiger partial charge is 0.0318 e. The van der Waals surface area contributed by atoms with Crippen LogP contribution in [0.5, 0.6) is 0 Å². The van der Waals surface area contributed by atoms with Gasteiger partial charge in [0.15, 0.2) is 0 Å². The van der Waals surface area contributed by atoms with Crippen molar-refractivity contribution in [2.45, 2.75) is 25.7 Å². The van der Waals surface area contributed by atoms with Crippen LogP contribution in [0.4, 0.5) is 0 Å². The molecule has 0 aromatic heterocycles. The third kappa shape index (κ3) is 1.50. The van der Waals surface area contributed by atoms with Gasteiger partial charge in [-0.3, -0.25) is 0 Å². The molecule has 1 aliphatic carbocycles. The molecule has 0 aliphatic heterocycles. The maximum Gasteiger partial charge on any atom is -0.0318 e. The number of rotatable bonds is 0. The van der Waals surface area contributed by atoms with Gasteiger partial charge in [0.2, 0.25) is 0 Å². The summed E-state index contributed by atoms with van der Waals surface area (Å²) >= 11 is 0. The van der Waals surface area contributed by atoms with Crippen molar-refractivity contribution in [1.29, 1.82) is 0 Å². The van der Waals surface area contributed by atoms with Crippen LogP contribution < -0.4 is 0 Å². The molecule has 1 aliphatic rings. The molecule has 44 valence electrons. The van der Waals surface area contributed by atoms with E-state index in [1.165, 1.54) is 19.3 Å². The van der Waals surface area contributed by atoms with Gasteiger partial charge in [-0.05, 0) is 32.1 Å². The van der Waals surface area contributed by atoms with Crippen LogP contribution in [0.2, 0.25) is 0 Å². The third-order valence-corrected chi connectivity index (χ3v) is 1.76. The monoisotopic (exact) mass is 108 g/mol. The molecule has 0 amide bonds. The summed E-state index contributed by atoms with van der Waals surface area (Å²) < 4.78 is 0. The molecule has 1 rings (SSSR count). The summed E-state index contributed by atoms with van der Waals surface area (Å²) in [6, 6.07) is 0. The van der Waals surface area contributed by atoms with Gasteiger partial charge in [-0.2, -0.15) is 0 Å². The molecule has 8 heavy (non-hydrogen) atoms. The Hall–Kier alpha value is 0. The highest BCUT2D eigenvalue weighted by Gasteiger charge is 2.14. The van der Waals surface area contributed by atoms with Crippen molar-refractivity contribution in [2.75, 3.05) is 0 Å². The minimum absolute atomic E-state index is 0.388. The van der Waals surface area contributed by atoms with Crippen LogP contribution in [-0.2, 0) is 0 Å². The van der Waals surface area contributed by atoms with Crippen molar-refractivity contribution in [3.8, 4) is 0 Å². The van der Waals surface area contributed by atoms with E-state index < -0.39 is 0 Å². The van der Waals surface area contributed by atoms with Gasteiger partial charge in [-0.25, -0.2) is 0 Å². The zero-order valence-corrected chi connectivity index (χ0v) is 5.14. The van der Waals surface area contributed by atoms with Crippen molar-refractivity contribution in [3.05, 3.63) is 13.8 Å². The van der Waals surface area contributed by atoms with Gasteiger partial charge in [-0.1, -0.05) is 19.3 Å². The summed E-state index contributed by atoms with van der Waals surface area (Å²) in [7, 11) is 0. The normalized spacial score (nSPS) is 39.8. The minimum Gasteiger partial charge on any atom is -0.0528 e. The Balaban J connectivity index is 2.23. The van der Waals surface area contributed by atoms with E-state index in [2.05, 4.69) is 0 Å². The molecule has 0 aromatic rings. The molecule has 0 N–H and O–H groups in total. The van der Waals surface area contributed by atoms with E-state index in [0.717, 1.165) is 6.42 Å². The van der Waals surface area contributed by atoms with E-state index in [9.17, 15) is 0 Å². The maximum absolute atomic E-state index is 5.65. The van der Waals surface area contributed by atoms with E-state index in [-0.39, 0.29) is 0 Å². The molecule has 0 bridgehead atoms. The predicted octanol–water partition coefficient (Wildman–Crippen LogP) is 2.21. The third-order valence-electron chi connectivity index (χ3n) is 1.76. The van der Waals surface area contributed by atoms with Gasteiger partial charge < -0.3 is 0 Å². The van der Waals surface area contributed by atoms with Crippen LogP contribution in [0.15, 0.2) is 0 Å². The highest BCUT2D eigenvalue weighted by Crippen LogP contribution is 2.26. The van der Waals surface area contributed by atoms with Crippen LogP contribution in [0.25, 0.3) is 0 Å². The van der Waals surface area contributed by atoms with Crippen LogP contribution in [0.1, 0.15) is 25.7 Å². The Morgan fingerprint density at radius 2 is 1.50 bits per heavy atom. The molecule has 0 saturated heterocycles. The van der Waals surface area contributed by atoms with Crippen molar-refractivity contribution >= 4 is 0 Å². The Morgan fingerprint density at radius 3 is 1.75 bits per heavy atom. The average molecular weight is 108 g/mol. The average Bonchev–Trinajstić information content (AvgIpc) is 1.64. The van der Waals surface area contributed by atoms with Crippen LogP contribution in [0.3, 0.4) is 0 Å². The van der Waals surface area contributed by atoms with E-state index in [1.54, 1.807) is 0 Å². The molecule has 2 atom stereocenters. The number of hydrogen-bond acceptors (Lipinski definition) is 0. The second kappa shape index (κ2) is 2.52. The standard InChI is InChI=1S/C8H12/c1-7-4-3-5-8(2)6-7/h1-2,7-8H,3-6H2. The summed E-state index contributed by atoms with van der Waals surface area (Å²) in [5, 5.41) is 0. The summed E-state index contributed by atoms with van der Waals surface area (Å²) in [4.78, 5) is 0. The molecule has 4 radical (unpaired) electrons. The highest BCUT2D eigenvalue weighted by molar-refractivity contribution is 4.74. The lowest BCUT2D eigenvalue weighted by Gasteiger charge is -2.22. The lowest BCUT2D eigenvalue weighted by molar-refractivity contribution is 0.348. The molecule has 1 fully saturated rings. The largest absolute Gasteiger partial charge is 0.0528 e. The molecule has 0 aromatic carbocycles. The van der Waals surface area contributed by atoms with Gasteiger partial charge in [0, 0.05) is 0 Å². The predicted molar refractivity (Wildman–Crippen MR) is 34.0 cm³/mol. The Morgan fingerprint density at radius 1 is 1.00 bits per heavy atom. The highest BCUT2D eigenvalue weighted by atomic mass is 14.2. The molecule has 0 spiro atoms. The zero-order chi connectivity index (χ0) is 5.98. The fourth-order valence-corrected chi connectivity index (χ4v) is 1.27. The van der Waals surface area contributed by atoms with Crippen molar-refractivity contribution in [3.63, 3.8) is 0 Å². The molecule has 0 heterocycles. The topological polar surface area (TPSA) is 0 Å². The first-order valence-electron chi connectivity index (χ1n) is 3.30. The van der Waals surface area contributed by atoms with E-state index >= 15 is 0 Å². The van der Waals surface area contributed by atoms with Crippen molar-refractivity contribution < 1.29 is 0 Å². The van der Waals surface area contributed by atoms with Crippen LogP contribution >= 0.6 is 0 Å². The van der Waals surface area contributed by atoms with Gasteiger partial charge in [0.1, 0.15) is 0 Å². The molecule has 0 nitrogen and oxygen atoms in total. The fraction of sp³-hybridized carbons (Fsp3) is 0.750. The Bertz CT molecular complexity index is 58.4. The fourth-order valence-electron chi connectivity index (χ4n) is 1.27. The summed E-state index contributed by atoms with van der Waals surface area (Å²) in [6.07, 6.45) is 4.60. The quantitative estimate of drug-likeness (QED) is 0.446. The van der Waals surface area contributed by atoms with Gasteiger partial charge in [0.25, 0.3) is 0 Å². The lowest BCUT2D eigenvalue weighted by atomic mass is 9.84. The molecule has 2 unspecified atom stereocenters. The summed E-state index contributed by atoms with van der Waals surface area (Å²) in [6.45, 7) is 11.3. The molecule has 0 heteroatoms. The summed E-state index contributed by atoms with van der Waals surface area (Å²) in [5.41, 5.74) is 0. The van der Waals surface area contributed by atoms with E-state index in [0.29, 0.717) is 11.8 Å². The van der Waals surface area contributed by atoms with Gasteiger partial charge >= 0.3 is 0 Å². The van der Waals surface area contributed by atoms with Crippen molar-refractivity contribution in [1.82, 2.24) is 0 Å². The second-order valence-electron chi connectivity index (χ2n) is 2.69. The Kier molecular flexibility index (Phi) is 1.93. The zero-order valence-electron chi connectivity index (χ0n) is 5.14. The second-order valence-corrected chi connectivity index (χ2v) is 2.69. The van der Waals surface area contributed by atoms with E-state index in [4.69, 9.17) is 13.8 Å². The first kappa shape index (κ1) is 6.12. The Labute approximate surface area is 52.3 Å². The molecular formula is C8H12. The number of hydrogen-bond donors (Lipinski definition) is 0. The maximum atomic E-state index is 5.65. The van der Waals surface area contributed by atoms with Gasteiger partial charge in [0.05, 0.1) is 0 Å². The van der Waals surface area contributed by atoms with E-state index in [1.807, 2.05) is 0 Å². The van der Waals surface area contributed by atoms with Crippen molar-refractivity contribution in [2.24, 2.45) is 11.8 Å². The molecule has 1 saturated carbocycles. The first-order valence-corrected chi connectivity index (χ1v) is 3.30. The summed E-state index contributed by atoms with van der Waals surface area (Å²) in [5.74, 6) is 0.775. The van der Waals surface area contributed by atoms with Gasteiger partial charge in [-0.15, -0.1) is 0 Å². The molecular weight excluding hydrogens is 96.1 g/mol. The SMILES string of the molecule is [CH]C1CCCC([CH])C1. The lowest BCUT2D eigenvalue weighted by Crippen LogP contribution is -2.09. The van der Waals surface area contributed by atoms with Crippen LogP contribution in [0, 0.1) is 25.7 Å².